The highest BCUT2D eigenvalue weighted by Gasteiger charge is 2.02. The number of furan rings is 1. The molecule has 1 aromatic heterocycles. The Morgan fingerprint density at radius 3 is 2.93 bits per heavy atom. The van der Waals surface area contributed by atoms with E-state index in [0.717, 1.165) is 5.76 Å². The Kier molecular flexibility index (Phi) is 4.12. The largest absolute Gasteiger partial charge is 0.462 e. The Morgan fingerprint density at radius 1 is 1.67 bits per heavy atom. The van der Waals surface area contributed by atoms with Crippen molar-refractivity contribution in [2.24, 2.45) is 0 Å². The lowest BCUT2D eigenvalue weighted by atomic mass is 10.3. The van der Waals surface area contributed by atoms with Crippen LogP contribution >= 0.6 is 0 Å². The van der Waals surface area contributed by atoms with E-state index in [0.29, 0.717) is 5.76 Å². The molecule has 0 bridgehead atoms. The smallest absolute Gasteiger partial charge is 0.244 e. The Balaban J connectivity index is 2.47. The number of aryl methyl sites for hydroxylation is 1. The fraction of sp³-hybridized carbons (Fsp3) is 0.364. The van der Waals surface area contributed by atoms with Crippen molar-refractivity contribution in [3.63, 3.8) is 0 Å². The first-order chi connectivity index (χ1) is 7.11. The van der Waals surface area contributed by atoms with Gasteiger partial charge in [-0.1, -0.05) is 0 Å². The summed E-state index contributed by atoms with van der Waals surface area (Å²) in [5.74, 6) is 1.20. The van der Waals surface area contributed by atoms with E-state index in [1.165, 1.54) is 6.08 Å². The van der Waals surface area contributed by atoms with Gasteiger partial charge in [0.25, 0.3) is 0 Å². The molecule has 2 N–H and O–H groups in total. The molecule has 4 heteroatoms. The highest BCUT2D eigenvalue weighted by Crippen LogP contribution is 2.07. The normalized spacial score (nSPS) is 13.0. The van der Waals surface area contributed by atoms with E-state index in [9.17, 15) is 4.79 Å². The van der Waals surface area contributed by atoms with Gasteiger partial charge in [0, 0.05) is 12.1 Å². The lowest BCUT2D eigenvalue weighted by Crippen LogP contribution is -2.33. The zero-order valence-electron chi connectivity index (χ0n) is 8.86. The van der Waals surface area contributed by atoms with Gasteiger partial charge in [0.2, 0.25) is 5.91 Å². The van der Waals surface area contributed by atoms with Crippen LogP contribution in [0.15, 0.2) is 22.6 Å². The molecule has 1 aromatic rings. The minimum atomic E-state index is -0.245. The number of hydrogen-bond donors (Lipinski definition) is 2. The molecule has 0 spiro atoms. The number of aliphatic hydroxyl groups is 1. The second-order valence-electron chi connectivity index (χ2n) is 3.37. The number of nitrogens with one attached hydrogen (secondary N) is 1. The maximum atomic E-state index is 11.2. The molecule has 1 atom stereocenters. The van der Waals surface area contributed by atoms with Crippen LogP contribution < -0.4 is 5.32 Å². The first-order valence-electron chi connectivity index (χ1n) is 4.77. The van der Waals surface area contributed by atoms with E-state index in [1.54, 1.807) is 19.1 Å². The molecule has 15 heavy (non-hydrogen) atoms. The molecule has 0 aromatic carbocycles. The second-order valence-corrected chi connectivity index (χ2v) is 3.37. The molecule has 0 aliphatic carbocycles. The number of amides is 1. The molecular formula is C11H15NO3. The van der Waals surface area contributed by atoms with Crippen molar-refractivity contribution in [1.82, 2.24) is 5.32 Å². The van der Waals surface area contributed by atoms with Gasteiger partial charge in [0.05, 0.1) is 6.61 Å². The predicted octanol–water partition coefficient (Wildman–Crippen LogP) is 1.10. The summed E-state index contributed by atoms with van der Waals surface area (Å²) in [5.41, 5.74) is 0. The summed E-state index contributed by atoms with van der Waals surface area (Å²) < 4.78 is 5.25. The third-order valence-corrected chi connectivity index (χ3v) is 1.82. The molecule has 0 aliphatic rings. The Hall–Kier alpha value is -1.55. The maximum Gasteiger partial charge on any atom is 0.244 e. The molecule has 0 aliphatic heterocycles. The van der Waals surface area contributed by atoms with Gasteiger partial charge in [-0.05, 0) is 32.1 Å². The second kappa shape index (κ2) is 5.36. The molecular weight excluding hydrogens is 194 g/mol. The lowest BCUT2D eigenvalue weighted by Gasteiger charge is -2.07. The molecule has 0 saturated heterocycles. The molecule has 0 fully saturated rings. The summed E-state index contributed by atoms with van der Waals surface area (Å²) in [6.45, 7) is 3.49. The predicted molar refractivity (Wildman–Crippen MR) is 57.2 cm³/mol. The third kappa shape index (κ3) is 3.99. The topological polar surface area (TPSA) is 62.5 Å². The van der Waals surface area contributed by atoms with Crippen LogP contribution in [0.2, 0.25) is 0 Å². The van der Waals surface area contributed by atoms with Crippen LogP contribution in [0.4, 0.5) is 0 Å². The van der Waals surface area contributed by atoms with E-state index in [4.69, 9.17) is 9.52 Å². The monoisotopic (exact) mass is 209 g/mol. The molecule has 82 valence electrons. The van der Waals surface area contributed by atoms with Gasteiger partial charge in [-0.15, -0.1) is 0 Å². The molecule has 4 nitrogen and oxygen atoms in total. The average Bonchev–Trinajstić information content (AvgIpc) is 2.61. The molecule has 1 amide bonds. The summed E-state index contributed by atoms with van der Waals surface area (Å²) in [7, 11) is 0. The van der Waals surface area contributed by atoms with Crippen molar-refractivity contribution in [3.05, 3.63) is 29.7 Å². The Bertz CT molecular complexity index is 354. The average molecular weight is 209 g/mol. The van der Waals surface area contributed by atoms with Crippen LogP contribution in [0.3, 0.4) is 0 Å². The van der Waals surface area contributed by atoms with Gasteiger partial charge in [0.15, 0.2) is 0 Å². The van der Waals surface area contributed by atoms with Crippen LogP contribution in [0, 0.1) is 6.92 Å². The molecule has 1 heterocycles. The van der Waals surface area contributed by atoms with Gasteiger partial charge in [-0.2, -0.15) is 0 Å². The van der Waals surface area contributed by atoms with E-state index in [-0.39, 0.29) is 18.6 Å². The van der Waals surface area contributed by atoms with Crippen molar-refractivity contribution in [2.75, 3.05) is 6.61 Å². The van der Waals surface area contributed by atoms with Crippen molar-refractivity contribution in [2.45, 2.75) is 19.9 Å². The number of aliphatic hydroxyl groups excluding tert-OH is 1. The van der Waals surface area contributed by atoms with Gasteiger partial charge in [-0.3, -0.25) is 4.79 Å². The van der Waals surface area contributed by atoms with Crippen molar-refractivity contribution >= 4 is 12.0 Å². The quantitative estimate of drug-likeness (QED) is 0.730. The highest BCUT2D eigenvalue weighted by atomic mass is 16.3. The minimum absolute atomic E-state index is 0.0700. The first kappa shape index (κ1) is 11.5. The van der Waals surface area contributed by atoms with Crippen molar-refractivity contribution < 1.29 is 14.3 Å². The summed E-state index contributed by atoms with van der Waals surface area (Å²) >= 11 is 0. The van der Waals surface area contributed by atoms with Crippen LogP contribution in [0.5, 0.6) is 0 Å². The third-order valence-electron chi connectivity index (χ3n) is 1.82. The fourth-order valence-electron chi connectivity index (χ4n) is 1.04. The zero-order chi connectivity index (χ0) is 11.3. The molecule has 0 radical (unpaired) electrons. The van der Waals surface area contributed by atoms with Crippen molar-refractivity contribution in [3.8, 4) is 0 Å². The number of hydrogen-bond acceptors (Lipinski definition) is 3. The molecule has 0 unspecified atom stereocenters. The van der Waals surface area contributed by atoms with E-state index in [1.807, 2.05) is 13.0 Å². The van der Waals surface area contributed by atoms with Gasteiger partial charge in [0.1, 0.15) is 11.5 Å². The van der Waals surface area contributed by atoms with Gasteiger partial charge < -0.3 is 14.8 Å². The highest BCUT2D eigenvalue weighted by molar-refractivity contribution is 5.91. The SMILES string of the molecule is Cc1ccc(C=CC(=O)N[C@@H](C)CO)o1. The van der Waals surface area contributed by atoms with Crippen LogP contribution in [-0.4, -0.2) is 23.7 Å². The van der Waals surface area contributed by atoms with Crippen molar-refractivity contribution in [1.29, 1.82) is 0 Å². The van der Waals surface area contributed by atoms with Crippen LogP contribution in [0.25, 0.3) is 6.08 Å². The summed E-state index contributed by atoms with van der Waals surface area (Å²) in [6, 6.07) is 3.38. The number of rotatable bonds is 4. The standard InChI is InChI=1S/C11H15NO3/c1-8(7-13)12-11(14)6-5-10-4-3-9(2)15-10/h3-6,8,13H,7H2,1-2H3,(H,12,14)/t8-/m0/s1. The zero-order valence-corrected chi connectivity index (χ0v) is 8.86. The maximum absolute atomic E-state index is 11.2. The summed E-state index contributed by atoms with van der Waals surface area (Å²) in [6.07, 6.45) is 2.97. The van der Waals surface area contributed by atoms with Crippen LogP contribution in [0.1, 0.15) is 18.4 Å². The fourth-order valence-corrected chi connectivity index (χ4v) is 1.04. The first-order valence-corrected chi connectivity index (χ1v) is 4.77. The van der Waals surface area contributed by atoms with Crippen LogP contribution in [-0.2, 0) is 4.79 Å². The lowest BCUT2D eigenvalue weighted by molar-refractivity contribution is -0.117. The van der Waals surface area contributed by atoms with E-state index >= 15 is 0 Å². The van der Waals surface area contributed by atoms with Gasteiger partial charge in [-0.25, -0.2) is 0 Å². The molecule has 1 rings (SSSR count). The minimum Gasteiger partial charge on any atom is -0.462 e. The van der Waals surface area contributed by atoms with E-state index in [2.05, 4.69) is 5.32 Å². The molecule has 0 saturated carbocycles. The van der Waals surface area contributed by atoms with E-state index < -0.39 is 0 Å². The Morgan fingerprint density at radius 2 is 2.40 bits per heavy atom. The Labute approximate surface area is 88.6 Å². The number of carbonyl (C=O) groups excluding carboxylic acids is 1. The summed E-state index contributed by atoms with van der Waals surface area (Å²) in [4.78, 5) is 11.2. The number of carbonyl (C=O) groups is 1. The summed E-state index contributed by atoms with van der Waals surface area (Å²) in [5, 5.41) is 11.3. The van der Waals surface area contributed by atoms with Gasteiger partial charge >= 0.3 is 0 Å².